The van der Waals surface area contributed by atoms with Crippen LogP contribution in [0.3, 0.4) is 0 Å². The van der Waals surface area contributed by atoms with Gasteiger partial charge in [0.25, 0.3) is 5.56 Å². The van der Waals surface area contributed by atoms with Gasteiger partial charge in [0.2, 0.25) is 0 Å². The number of nitrogens with one attached hydrogen (secondary N) is 1. The van der Waals surface area contributed by atoms with Crippen molar-refractivity contribution in [1.82, 2.24) is 9.78 Å². The van der Waals surface area contributed by atoms with Gasteiger partial charge in [-0.05, 0) is 61.8 Å². The van der Waals surface area contributed by atoms with Gasteiger partial charge < -0.3 is 0 Å². The van der Waals surface area contributed by atoms with E-state index in [1.807, 2.05) is 37.3 Å². The molecule has 0 aliphatic heterocycles. The molecule has 25 heavy (non-hydrogen) atoms. The van der Waals surface area contributed by atoms with Crippen LogP contribution in [-0.2, 0) is 12.8 Å². The second-order valence-electron chi connectivity index (χ2n) is 7.06. The van der Waals surface area contributed by atoms with Crippen molar-refractivity contribution < 1.29 is 0 Å². The molecule has 1 aliphatic carbocycles. The van der Waals surface area contributed by atoms with Crippen LogP contribution in [0, 0.1) is 6.92 Å². The van der Waals surface area contributed by atoms with Gasteiger partial charge in [-0.2, -0.15) is 0 Å². The number of aryl methyl sites for hydroxylation is 3. The predicted octanol–water partition coefficient (Wildman–Crippen LogP) is 4.64. The summed E-state index contributed by atoms with van der Waals surface area (Å²) < 4.78 is 1.77. The fourth-order valence-electron chi connectivity index (χ4n) is 3.95. The molecule has 0 saturated carbocycles. The topological polar surface area (TPSA) is 37.8 Å². The van der Waals surface area contributed by atoms with E-state index < -0.39 is 0 Å². The Bertz CT molecular complexity index is 950. The number of aromatic nitrogens is 2. The van der Waals surface area contributed by atoms with Gasteiger partial charge in [-0.25, -0.2) is 4.68 Å². The summed E-state index contributed by atoms with van der Waals surface area (Å²) in [6.07, 6.45) is 4.90. The molecule has 0 spiro atoms. The molecule has 128 valence electrons. The lowest BCUT2D eigenvalue weighted by Crippen LogP contribution is -2.22. The molecule has 1 heterocycles. The number of rotatable bonds is 3. The minimum Gasteiger partial charge on any atom is -0.299 e. The number of benzene rings is 2. The number of nitrogens with zero attached hydrogens (tertiary/aromatic N) is 1. The van der Waals surface area contributed by atoms with Crippen LogP contribution in [0.1, 0.15) is 48.2 Å². The third kappa shape index (κ3) is 2.84. The zero-order chi connectivity index (χ0) is 17.4. The maximum absolute atomic E-state index is 13.0. The van der Waals surface area contributed by atoms with Crippen molar-refractivity contribution in [3.8, 4) is 11.1 Å². The second-order valence-corrected chi connectivity index (χ2v) is 7.06. The quantitative estimate of drug-likeness (QED) is 0.745. The molecular formula is C22H24N2O. The highest BCUT2D eigenvalue weighted by Crippen LogP contribution is 2.27. The highest BCUT2D eigenvalue weighted by molar-refractivity contribution is 5.64. The minimum atomic E-state index is -0.00381. The summed E-state index contributed by atoms with van der Waals surface area (Å²) in [4.78, 5) is 13.0. The maximum atomic E-state index is 13.0. The van der Waals surface area contributed by atoms with Gasteiger partial charge in [0.1, 0.15) is 0 Å². The van der Waals surface area contributed by atoms with Crippen LogP contribution < -0.4 is 5.56 Å². The third-order valence-corrected chi connectivity index (χ3v) is 5.40. The summed E-state index contributed by atoms with van der Waals surface area (Å²) in [5.74, 6) is 0. The van der Waals surface area contributed by atoms with Crippen molar-refractivity contribution in [2.75, 3.05) is 0 Å². The Morgan fingerprint density at radius 2 is 1.72 bits per heavy atom. The lowest BCUT2D eigenvalue weighted by molar-refractivity contribution is 0.543. The first-order valence-corrected chi connectivity index (χ1v) is 9.13. The molecule has 0 fully saturated rings. The Kier molecular flexibility index (Phi) is 4.08. The van der Waals surface area contributed by atoms with Crippen molar-refractivity contribution >= 4 is 0 Å². The van der Waals surface area contributed by atoms with Crippen LogP contribution in [0.2, 0.25) is 0 Å². The van der Waals surface area contributed by atoms with Gasteiger partial charge in [-0.3, -0.25) is 9.89 Å². The van der Waals surface area contributed by atoms with Crippen LogP contribution in [-0.4, -0.2) is 9.78 Å². The Morgan fingerprint density at radius 1 is 1.00 bits per heavy atom. The van der Waals surface area contributed by atoms with Crippen LogP contribution in [0.5, 0.6) is 0 Å². The van der Waals surface area contributed by atoms with E-state index in [0.29, 0.717) is 0 Å². The van der Waals surface area contributed by atoms with Crippen molar-refractivity contribution in [1.29, 1.82) is 0 Å². The number of aromatic amines is 1. The monoisotopic (exact) mass is 332 g/mol. The first-order chi connectivity index (χ1) is 12.1. The van der Waals surface area contributed by atoms with Gasteiger partial charge >= 0.3 is 0 Å². The summed E-state index contributed by atoms with van der Waals surface area (Å²) in [6, 6.07) is 16.6. The maximum Gasteiger partial charge on any atom is 0.275 e. The zero-order valence-corrected chi connectivity index (χ0v) is 14.9. The molecule has 0 bridgehead atoms. The van der Waals surface area contributed by atoms with E-state index in [2.05, 4.69) is 30.2 Å². The zero-order valence-electron chi connectivity index (χ0n) is 14.9. The molecule has 1 aliphatic rings. The van der Waals surface area contributed by atoms with E-state index in [-0.39, 0.29) is 11.6 Å². The van der Waals surface area contributed by atoms with Crippen LogP contribution in [0.4, 0.5) is 0 Å². The number of hydrogen-bond donors (Lipinski definition) is 1. The summed E-state index contributed by atoms with van der Waals surface area (Å²) in [5.41, 5.74) is 6.83. The van der Waals surface area contributed by atoms with E-state index in [1.165, 1.54) is 36.0 Å². The van der Waals surface area contributed by atoms with Crippen molar-refractivity contribution in [3.63, 3.8) is 0 Å². The fraction of sp³-hybridized carbons (Fsp3) is 0.318. The van der Waals surface area contributed by atoms with E-state index in [4.69, 9.17) is 0 Å². The number of H-pyrrole nitrogens is 1. The normalized spacial score (nSPS) is 15.0. The average Bonchev–Trinajstić information content (AvgIpc) is 2.95. The highest BCUT2D eigenvalue weighted by Gasteiger charge is 2.19. The minimum absolute atomic E-state index is 0.00381. The molecule has 0 radical (unpaired) electrons. The highest BCUT2D eigenvalue weighted by atomic mass is 16.1. The largest absolute Gasteiger partial charge is 0.299 e. The molecule has 3 nitrogen and oxygen atoms in total. The van der Waals surface area contributed by atoms with Crippen LogP contribution in [0.25, 0.3) is 11.1 Å². The Labute approximate surface area is 148 Å². The predicted molar refractivity (Wildman–Crippen MR) is 102 cm³/mol. The van der Waals surface area contributed by atoms with Gasteiger partial charge in [-0.1, -0.05) is 48.5 Å². The average molecular weight is 332 g/mol. The van der Waals surface area contributed by atoms with E-state index in [1.54, 1.807) is 4.68 Å². The molecule has 0 saturated heterocycles. The van der Waals surface area contributed by atoms with Gasteiger partial charge in [-0.15, -0.1) is 0 Å². The molecule has 1 atom stereocenters. The van der Waals surface area contributed by atoms with E-state index in [0.717, 1.165) is 23.2 Å². The fourth-order valence-corrected chi connectivity index (χ4v) is 3.95. The standard InChI is InChI=1S/C22H24N2O/c1-15-21(18-9-4-3-5-10-18)22(25)24(23-15)16(2)19-13-12-17-8-6-7-11-20(17)14-19/h3-5,9-10,12-14,16,23H,6-8,11H2,1-2H3. The molecule has 3 heteroatoms. The lowest BCUT2D eigenvalue weighted by Gasteiger charge is -2.19. The number of fused-ring (bicyclic) bond motifs is 1. The first-order valence-electron chi connectivity index (χ1n) is 9.13. The summed E-state index contributed by atoms with van der Waals surface area (Å²) in [7, 11) is 0. The second kappa shape index (κ2) is 6.40. The summed E-state index contributed by atoms with van der Waals surface area (Å²) >= 11 is 0. The Balaban J connectivity index is 1.74. The smallest absolute Gasteiger partial charge is 0.275 e. The Morgan fingerprint density at radius 3 is 2.48 bits per heavy atom. The molecule has 1 aromatic heterocycles. The van der Waals surface area contributed by atoms with E-state index in [9.17, 15) is 4.79 Å². The number of hydrogen-bond acceptors (Lipinski definition) is 1. The lowest BCUT2D eigenvalue weighted by atomic mass is 9.89. The summed E-state index contributed by atoms with van der Waals surface area (Å²) in [5, 5.41) is 3.29. The SMILES string of the molecule is Cc1[nH]n(C(C)c2ccc3c(c2)CCCC3)c(=O)c1-c1ccccc1. The van der Waals surface area contributed by atoms with Crippen molar-refractivity contribution in [2.24, 2.45) is 0 Å². The van der Waals surface area contributed by atoms with Gasteiger partial charge in [0.05, 0.1) is 11.6 Å². The van der Waals surface area contributed by atoms with Gasteiger partial charge in [0.15, 0.2) is 0 Å². The molecule has 4 rings (SSSR count). The third-order valence-electron chi connectivity index (χ3n) is 5.40. The summed E-state index contributed by atoms with van der Waals surface area (Å²) in [6.45, 7) is 4.07. The molecule has 2 aromatic carbocycles. The Hall–Kier alpha value is -2.55. The van der Waals surface area contributed by atoms with Crippen molar-refractivity contribution in [3.05, 3.63) is 81.3 Å². The molecule has 1 unspecified atom stereocenters. The molecular weight excluding hydrogens is 308 g/mol. The molecule has 0 amide bonds. The van der Waals surface area contributed by atoms with E-state index >= 15 is 0 Å². The van der Waals surface area contributed by atoms with Crippen LogP contribution in [0.15, 0.2) is 53.3 Å². The van der Waals surface area contributed by atoms with Crippen molar-refractivity contribution in [2.45, 2.75) is 45.6 Å². The van der Waals surface area contributed by atoms with Gasteiger partial charge in [0, 0.05) is 5.69 Å². The molecule has 3 aromatic rings. The van der Waals surface area contributed by atoms with Crippen LogP contribution >= 0.6 is 0 Å². The first kappa shape index (κ1) is 15.9. The molecule has 1 N–H and O–H groups in total.